The molecule has 1 saturated heterocycles. The smallest absolute Gasteiger partial charge is 0.293 e. The van der Waals surface area contributed by atoms with Gasteiger partial charge in [0.15, 0.2) is 0 Å². The number of thioether (sulfide) groups is 2. The van der Waals surface area contributed by atoms with Crippen molar-refractivity contribution in [2.75, 3.05) is 24.6 Å². The summed E-state index contributed by atoms with van der Waals surface area (Å²) in [7, 11) is 0. The molecule has 1 fully saturated rings. The van der Waals surface area contributed by atoms with Gasteiger partial charge in [-0.3, -0.25) is 29.4 Å². The van der Waals surface area contributed by atoms with Crippen molar-refractivity contribution in [2.24, 2.45) is 0 Å². The van der Waals surface area contributed by atoms with Gasteiger partial charge in [0.05, 0.1) is 15.6 Å². The Kier molecular flexibility index (Phi) is 8.99. The van der Waals surface area contributed by atoms with Crippen molar-refractivity contribution in [2.45, 2.75) is 19.8 Å². The van der Waals surface area contributed by atoms with Crippen LogP contribution in [-0.2, 0) is 9.59 Å². The van der Waals surface area contributed by atoms with Crippen LogP contribution in [0.25, 0.3) is 6.08 Å². The number of unbranched alkanes of at least 4 members (excludes halogenated alkanes) is 1. The SMILES string of the molecule is CCCCSCC(=O)NCCN1C(=O)S/C(=C\c2ccc(Cl)c([N+](=O)[O-])c2)C1=O. The molecule has 0 bridgehead atoms. The van der Waals surface area contributed by atoms with Gasteiger partial charge >= 0.3 is 0 Å². The summed E-state index contributed by atoms with van der Waals surface area (Å²) in [4.78, 5) is 47.9. The maximum Gasteiger partial charge on any atom is 0.293 e. The summed E-state index contributed by atoms with van der Waals surface area (Å²) >= 11 is 8.08. The fraction of sp³-hybridized carbons (Fsp3) is 0.389. The minimum Gasteiger partial charge on any atom is -0.354 e. The van der Waals surface area contributed by atoms with Gasteiger partial charge in [-0.15, -0.1) is 0 Å². The van der Waals surface area contributed by atoms with Crippen molar-refractivity contribution in [3.8, 4) is 0 Å². The Balaban J connectivity index is 1.92. The summed E-state index contributed by atoms with van der Waals surface area (Å²) in [6.45, 7) is 2.32. The van der Waals surface area contributed by atoms with Crippen LogP contribution in [0.15, 0.2) is 23.1 Å². The molecule has 3 amide bonds. The van der Waals surface area contributed by atoms with Crippen molar-refractivity contribution in [1.82, 2.24) is 10.2 Å². The van der Waals surface area contributed by atoms with E-state index in [1.165, 1.54) is 24.3 Å². The van der Waals surface area contributed by atoms with Gasteiger partial charge < -0.3 is 5.32 Å². The van der Waals surface area contributed by atoms with E-state index < -0.39 is 16.1 Å². The van der Waals surface area contributed by atoms with Gasteiger partial charge in [0, 0.05) is 19.2 Å². The van der Waals surface area contributed by atoms with Crippen LogP contribution in [0, 0.1) is 10.1 Å². The third kappa shape index (κ3) is 6.76. The minimum absolute atomic E-state index is 0.0103. The molecule has 2 rings (SSSR count). The Morgan fingerprint density at radius 3 is 2.86 bits per heavy atom. The molecule has 0 saturated carbocycles. The number of rotatable bonds is 10. The van der Waals surface area contributed by atoms with Crippen LogP contribution in [-0.4, -0.2) is 51.5 Å². The van der Waals surface area contributed by atoms with Gasteiger partial charge in [0.25, 0.3) is 16.8 Å². The number of halogens is 1. The molecule has 0 atom stereocenters. The lowest BCUT2D eigenvalue weighted by Crippen LogP contribution is -2.37. The van der Waals surface area contributed by atoms with Gasteiger partial charge in [-0.05, 0) is 41.6 Å². The molecule has 0 aliphatic carbocycles. The number of imide groups is 1. The largest absolute Gasteiger partial charge is 0.354 e. The van der Waals surface area contributed by atoms with E-state index in [4.69, 9.17) is 11.6 Å². The van der Waals surface area contributed by atoms with Crippen LogP contribution in [0.5, 0.6) is 0 Å². The zero-order chi connectivity index (χ0) is 21.4. The van der Waals surface area contributed by atoms with E-state index in [-0.39, 0.29) is 34.6 Å². The van der Waals surface area contributed by atoms with Crippen LogP contribution >= 0.6 is 35.1 Å². The number of nitro groups is 1. The normalized spacial score (nSPS) is 15.2. The van der Waals surface area contributed by atoms with E-state index >= 15 is 0 Å². The van der Waals surface area contributed by atoms with Crippen LogP contribution in [0.4, 0.5) is 10.5 Å². The Hall–Kier alpha value is -2.04. The lowest BCUT2D eigenvalue weighted by Gasteiger charge is -2.12. The molecular formula is C18H20ClN3O5S2. The number of carbonyl (C=O) groups is 3. The zero-order valence-corrected chi connectivity index (χ0v) is 18.1. The highest BCUT2D eigenvalue weighted by Crippen LogP contribution is 2.33. The second kappa shape index (κ2) is 11.2. The van der Waals surface area contributed by atoms with E-state index in [0.717, 1.165) is 35.3 Å². The summed E-state index contributed by atoms with van der Waals surface area (Å²) in [6, 6.07) is 4.14. The molecule has 1 aliphatic rings. The predicted molar refractivity (Wildman–Crippen MR) is 116 cm³/mol. The van der Waals surface area contributed by atoms with Crippen molar-refractivity contribution >= 4 is 63.9 Å². The highest BCUT2D eigenvalue weighted by molar-refractivity contribution is 8.18. The standard InChI is InChI=1S/C18H20ClN3O5S2/c1-2-3-8-28-11-16(23)20-6-7-21-17(24)15(29-18(21)25)10-12-4-5-13(19)14(9-12)22(26)27/h4-5,9-10H,2-3,6-8,11H2,1H3,(H,20,23)/b15-10-. The number of nitrogens with zero attached hydrogens (tertiary/aromatic N) is 2. The molecule has 8 nitrogen and oxygen atoms in total. The van der Waals surface area contributed by atoms with Crippen LogP contribution in [0.1, 0.15) is 25.3 Å². The zero-order valence-electron chi connectivity index (χ0n) is 15.7. The topological polar surface area (TPSA) is 110 Å². The predicted octanol–water partition coefficient (Wildman–Crippen LogP) is 3.93. The number of hydrogen-bond donors (Lipinski definition) is 1. The van der Waals surface area contributed by atoms with Gasteiger partial charge in [0.2, 0.25) is 5.91 Å². The summed E-state index contributed by atoms with van der Waals surface area (Å²) < 4.78 is 0. The van der Waals surface area contributed by atoms with E-state index in [2.05, 4.69) is 12.2 Å². The highest BCUT2D eigenvalue weighted by Gasteiger charge is 2.34. The highest BCUT2D eigenvalue weighted by atomic mass is 35.5. The molecule has 1 heterocycles. The van der Waals surface area contributed by atoms with Crippen LogP contribution < -0.4 is 5.32 Å². The van der Waals surface area contributed by atoms with Crippen LogP contribution in [0.2, 0.25) is 5.02 Å². The first-order valence-electron chi connectivity index (χ1n) is 8.87. The molecule has 1 aliphatic heterocycles. The minimum atomic E-state index is -0.616. The van der Waals surface area contributed by atoms with Crippen molar-refractivity contribution < 1.29 is 19.3 Å². The summed E-state index contributed by atoms with van der Waals surface area (Å²) in [6.07, 6.45) is 3.54. The van der Waals surface area contributed by atoms with Crippen molar-refractivity contribution in [3.63, 3.8) is 0 Å². The van der Waals surface area contributed by atoms with E-state index in [0.29, 0.717) is 11.3 Å². The fourth-order valence-electron chi connectivity index (χ4n) is 2.37. The maximum atomic E-state index is 12.5. The molecule has 0 unspecified atom stereocenters. The average molecular weight is 458 g/mol. The van der Waals surface area contributed by atoms with E-state index in [1.54, 1.807) is 11.8 Å². The molecule has 0 aromatic heterocycles. The first kappa shape index (κ1) is 23.2. The quantitative estimate of drug-likeness (QED) is 0.245. The molecule has 1 N–H and O–H groups in total. The molecule has 0 spiro atoms. The number of carbonyl (C=O) groups excluding carboxylic acids is 3. The Labute approximate surface area is 181 Å². The lowest BCUT2D eigenvalue weighted by molar-refractivity contribution is -0.384. The Morgan fingerprint density at radius 1 is 1.41 bits per heavy atom. The number of nitrogens with one attached hydrogen (secondary N) is 1. The third-order valence-corrected chi connectivity index (χ3v) is 6.14. The second-order valence-corrected chi connectivity index (χ2v) is 8.56. The number of hydrogen-bond acceptors (Lipinski definition) is 7. The molecule has 11 heteroatoms. The first-order valence-corrected chi connectivity index (χ1v) is 11.2. The van der Waals surface area contributed by atoms with Crippen molar-refractivity contribution in [3.05, 3.63) is 43.8 Å². The van der Waals surface area contributed by atoms with Crippen LogP contribution in [0.3, 0.4) is 0 Å². The number of nitro benzene ring substituents is 1. The van der Waals surface area contributed by atoms with Gasteiger partial charge in [0.1, 0.15) is 5.02 Å². The molecule has 156 valence electrons. The van der Waals surface area contributed by atoms with Gasteiger partial charge in [-0.1, -0.05) is 31.0 Å². The van der Waals surface area contributed by atoms with Gasteiger partial charge in [-0.25, -0.2) is 0 Å². The molecule has 1 aromatic carbocycles. The summed E-state index contributed by atoms with van der Waals surface area (Å²) in [5, 5.41) is 13.2. The molecular weight excluding hydrogens is 438 g/mol. The fourth-order valence-corrected chi connectivity index (χ4v) is 4.35. The maximum absolute atomic E-state index is 12.5. The molecule has 0 radical (unpaired) electrons. The van der Waals surface area contributed by atoms with E-state index in [1.807, 2.05) is 0 Å². The molecule has 1 aromatic rings. The summed E-state index contributed by atoms with van der Waals surface area (Å²) in [5.74, 6) is 0.629. The number of benzene rings is 1. The third-order valence-electron chi connectivity index (χ3n) is 3.87. The summed E-state index contributed by atoms with van der Waals surface area (Å²) in [5.41, 5.74) is 0.114. The molecule has 29 heavy (non-hydrogen) atoms. The second-order valence-electron chi connectivity index (χ2n) is 6.06. The monoisotopic (exact) mass is 457 g/mol. The first-order chi connectivity index (χ1) is 13.8. The Morgan fingerprint density at radius 2 is 2.17 bits per heavy atom. The average Bonchev–Trinajstić information content (AvgIpc) is 2.94. The van der Waals surface area contributed by atoms with E-state index in [9.17, 15) is 24.5 Å². The Bertz CT molecular complexity index is 847. The number of amides is 3. The lowest BCUT2D eigenvalue weighted by atomic mass is 10.2. The van der Waals surface area contributed by atoms with Gasteiger partial charge in [-0.2, -0.15) is 11.8 Å². The van der Waals surface area contributed by atoms with Crippen molar-refractivity contribution in [1.29, 1.82) is 0 Å².